The second-order valence-electron chi connectivity index (χ2n) is 11.5. The first kappa shape index (κ1) is 32.5. The minimum atomic E-state index is -1.12. The van der Waals surface area contributed by atoms with E-state index in [1.54, 1.807) is 24.5 Å². The van der Waals surface area contributed by atoms with Crippen LogP contribution in [-0.2, 0) is 32.3 Å². The van der Waals surface area contributed by atoms with Gasteiger partial charge >= 0.3 is 12.2 Å². The van der Waals surface area contributed by atoms with Crippen LogP contribution in [0.1, 0.15) is 51.7 Å². The van der Waals surface area contributed by atoms with Gasteiger partial charge in [0, 0.05) is 25.5 Å². The number of ether oxygens (including phenoxy) is 2. The number of nitrogens with one attached hydrogen (secondary N) is 2. The van der Waals surface area contributed by atoms with Gasteiger partial charge in [0.2, 0.25) is 5.91 Å². The predicted octanol–water partition coefficient (Wildman–Crippen LogP) is 3.45. The smallest absolute Gasteiger partial charge is 0.408 e. The number of carbonyl (C=O) groups is 4. The summed E-state index contributed by atoms with van der Waals surface area (Å²) in [7, 11) is 0. The minimum absolute atomic E-state index is 0.0172. The Morgan fingerprint density at radius 2 is 1.36 bits per heavy atom. The van der Waals surface area contributed by atoms with Gasteiger partial charge in [0.25, 0.3) is 0 Å². The van der Waals surface area contributed by atoms with E-state index in [4.69, 9.17) is 9.47 Å². The van der Waals surface area contributed by atoms with Gasteiger partial charge in [-0.25, -0.2) is 9.59 Å². The number of pyridine rings is 1. The van der Waals surface area contributed by atoms with E-state index in [1.165, 1.54) is 4.90 Å². The van der Waals surface area contributed by atoms with Gasteiger partial charge in [-0.15, -0.1) is 0 Å². The van der Waals surface area contributed by atoms with E-state index in [0.29, 0.717) is 12.8 Å². The van der Waals surface area contributed by atoms with Crippen LogP contribution in [0, 0.1) is 17.8 Å². The van der Waals surface area contributed by atoms with Crippen LogP contribution in [0.3, 0.4) is 0 Å². The Kier molecular flexibility index (Phi) is 12.3. The van der Waals surface area contributed by atoms with Gasteiger partial charge in [-0.3, -0.25) is 14.6 Å². The van der Waals surface area contributed by atoms with Crippen LogP contribution in [0.15, 0.2) is 54.9 Å². The standard InChI is InChI=1S/C31H42N4O7/c1-20(2)14-25(33-30(39)42-19-23-10-12-32-13-11-23)28(37)24-16-35(17-27(24)36)29(38)26(15-21(3)4)34-31(40)41-18-22-8-6-5-7-9-22/h5-13,20-21,24-27,36H,14-19H2,1-4H3,(H,33,39)(H,34,40). The number of carbonyl (C=O) groups excluding carboxylic acids is 4. The number of hydrogen-bond acceptors (Lipinski definition) is 8. The highest BCUT2D eigenvalue weighted by atomic mass is 16.6. The summed E-state index contributed by atoms with van der Waals surface area (Å²) in [6.45, 7) is 7.68. The van der Waals surface area contributed by atoms with Crippen molar-refractivity contribution in [3.05, 3.63) is 66.0 Å². The monoisotopic (exact) mass is 582 g/mol. The summed E-state index contributed by atoms with van der Waals surface area (Å²) in [5.41, 5.74) is 1.56. The average molecular weight is 583 g/mol. The molecular weight excluding hydrogens is 540 g/mol. The molecule has 1 saturated heterocycles. The van der Waals surface area contributed by atoms with E-state index in [2.05, 4.69) is 15.6 Å². The predicted molar refractivity (Wildman–Crippen MR) is 155 cm³/mol. The Morgan fingerprint density at radius 3 is 1.93 bits per heavy atom. The van der Waals surface area contributed by atoms with E-state index in [1.807, 2.05) is 58.0 Å². The molecule has 0 saturated carbocycles. The van der Waals surface area contributed by atoms with Gasteiger partial charge < -0.3 is 30.1 Å². The maximum Gasteiger partial charge on any atom is 0.408 e. The first-order valence-electron chi connectivity index (χ1n) is 14.3. The van der Waals surface area contributed by atoms with E-state index in [-0.39, 0.29) is 43.9 Å². The van der Waals surface area contributed by atoms with Crippen LogP contribution in [0.4, 0.5) is 9.59 Å². The number of amides is 3. The van der Waals surface area contributed by atoms with Crippen molar-refractivity contribution in [1.82, 2.24) is 20.5 Å². The molecule has 2 aromatic rings. The number of aliphatic hydroxyl groups excluding tert-OH is 1. The number of hydrogen-bond donors (Lipinski definition) is 3. The van der Waals surface area contributed by atoms with Gasteiger partial charge in [-0.2, -0.15) is 0 Å². The Bertz CT molecular complexity index is 1180. The summed E-state index contributed by atoms with van der Waals surface area (Å²) in [6, 6.07) is 10.8. The Labute approximate surface area is 247 Å². The number of benzene rings is 1. The summed E-state index contributed by atoms with van der Waals surface area (Å²) < 4.78 is 10.6. The van der Waals surface area contributed by atoms with Gasteiger partial charge in [0.1, 0.15) is 19.3 Å². The normalized spacial score (nSPS) is 17.9. The maximum atomic E-state index is 13.5. The van der Waals surface area contributed by atoms with Gasteiger partial charge in [0.15, 0.2) is 5.78 Å². The molecule has 11 heteroatoms. The Morgan fingerprint density at radius 1 is 0.833 bits per heavy atom. The van der Waals surface area contributed by atoms with Crippen molar-refractivity contribution in [3.8, 4) is 0 Å². The van der Waals surface area contributed by atoms with Crippen molar-refractivity contribution >= 4 is 23.9 Å². The molecule has 1 aliphatic rings. The highest BCUT2D eigenvalue weighted by Gasteiger charge is 2.43. The third kappa shape index (κ3) is 10.1. The van der Waals surface area contributed by atoms with Crippen molar-refractivity contribution in [2.75, 3.05) is 13.1 Å². The molecule has 42 heavy (non-hydrogen) atoms. The lowest BCUT2D eigenvalue weighted by Gasteiger charge is -2.26. The first-order chi connectivity index (χ1) is 20.0. The molecule has 11 nitrogen and oxygen atoms in total. The van der Waals surface area contributed by atoms with Crippen molar-refractivity contribution < 1.29 is 33.8 Å². The molecule has 0 radical (unpaired) electrons. The Hall–Kier alpha value is -3.99. The zero-order valence-corrected chi connectivity index (χ0v) is 24.7. The zero-order valence-electron chi connectivity index (χ0n) is 24.7. The molecule has 1 aromatic carbocycles. The third-order valence-electron chi connectivity index (χ3n) is 6.94. The minimum Gasteiger partial charge on any atom is -0.445 e. The molecule has 3 N–H and O–H groups in total. The molecule has 1 fully saturated rings. The molecule has 0 aliphatic carbocycles. The molecule has 2 heterocycles. The van der Waals surface area contributed by atoms with E-state index in [0.717, 1.165) is 11.1 Å². The maximum absolute atomic E-state index is 13.5. The number of aromatic nitrogens is 1. The molecule has 1 aliphatic heterocycles. The number of nitrogens with zero attached hydrogens (tertiary/aromatic N) is 2. The van der Waals surface area contributed by atoms with Crippen molar-refractivity contribution in [3.63, 3.8) is 0 Å². The number of rotatable bonds is 13. The number of alkyl carbamates (subject to hydrolysis) is 2. The highest BCUT2D eigenvalue weighted by Crippen LogP contribution is 2.23. The lowest BCUT2D eigenvalue weighted by Crippen LogP contribution is -2.49. The SMILES string of the molecule is CC(C)CC(NC(=O)OCc1ccncc1)C(=O)C1CN(C(=O)C(CC(C)C)NC(=O)OCc2ccccc2)CC1O. The van der Waals surface area contributed by atoms with Crippen LogP contribution in [-0.4, -0.2) is 70.1 Å². The van der Waals surface area contributed by atoms with E-state index < -0.39 is 42.2 Å². The van der Waals surface area contributed by atoms with Crippen molar-refractivity contribution in [2.45, 2.75) is 71.9 Å². The highest BCUT2D eigenvalue weighted by molar-refractivity contribution is 5.92. The number of β-amino-alcohol motifs (C(OH)–C–C–N with tert-alkyl or cyclic N) is 1. The second-order valence-corrected chi connectivity index (χ2v) is 11.5. The number of likely N-dealkylation sites (tertiary alicyclic amines) is 1. The van der Waals surface area contributed by atoms with Crippen molar-refractivity contribution in [1.29, 1.82) is 0 Å². The quantitative estimate of drug-likeness (QED) is 0.325. The van der Waals surface area contributed by atoms with Gasteiger partial charge in [-0.1, -0.05) is 58.0 Å². The molecule has 1 aromatic heterocycles. The first-order valence-corrected chi connectivity index (χ1v) is 14.3. The average Bonchev–Trinajstić information content (AvgIpc) is 3.35. The summed E-state index contributed by atoms with van der Waals surface area (Å²) >= 11 is 0. The second kappa shape index (κ2) is 15.9. The fraction of sp³-hybridized carbons (Fsp3) is 0.516. The number of aliphatic hydroxyl groups is 1. The van der Waals surface area contributed by atoms with E-state index in [9.17, 15) is 24.3 Å². The summed E-state index contributed by atoms with van der Waals surface area (Å²) in [4.78, 5) is 57.4. The summed E-state index contributed by atoms with van der Waals surface area (Å²) in [5, 5.41) is 16.1. The van der Waals surface area contributed by atoms with Crippen molar-refractivity contribution in [2.24, 2.45) is 17.8 Å². The van der Waals surface area contributed by atoms with Crippen LogP contribution < -0.4 is 10.6 Å². The number of Topliss-reactive ketones (excluding diaryl/α,β-unsaturated/α-hetero) is 1. The number of ketones is 1. The Balaban J connectivity index is 1.61. The van der Waals surface area contributed by atoms with Gasteiger partial charge in [-0.05, 0) is 47.9 Å². The largest absolute Gasteiger partial charge is 0.445 e. The summed E-state index contributed by atoms with van der Waals surface area (Å²) in [6.07, 6.45) is 1.28. The molecule has 3 amide bonds. The van der Waals surface area contributed by atoms with Gasteiger partial charge in [0.05, 0.1) is 18.1 Å². The lowest BCUT2D eigenvalue weighted by atomic mass is 9.90. The molecule has 4 unspecified atom stereocenters. The van der Waals surface area contributed by atoms with Crippen LogP contribution in [0.5, 0.6) is 0 Å². The lowest BCUT2D eigenvalue weighted by molar-refractivity contribution is -0.133. The fourth-order valence-electron chi connectivity index (χ4n) is 4.85. The van der Waals surface area contributed by atoms with Crippen LogP contribution >= 0.6 is 0 Å². The third-order valence-corrected chi connectivity index (χ3v) is 6.94. The van der Waals surface area contributed by atoms with Crippen LogP contribution in [0.25, 0.3) is 0 Å². The molecular formula is C31H42N4O7. The molecule has 0 spiro atoms. The molecule has 3 rings (SSSR count). The van der Waals surface area contributed by atoms with Crippen LogP contribution in [0.2, 0.25) is 0 Å². The summed E-state index contributed by atoms with van der Waals surface area (Å²) in [5.74, 6) is -1.53. The fourth-order valence-corrected chi connectivity index (χ4v) is 4.85. The molecule has 228 valence electrons. The zero-order chi connectivity index (χ0) is 30.6. The van der Waals surface area contributed by atoms with E-state index >= 15 is 0 Å². The molecule has 0 bridgehead atoms. The topological polar surface area (TPSA) is 147 Å². The molecule has 4 atom stereocenters.